The molecule has 0 fully saturated rings. The van der Waals surface area contributed by atoms with Crippen molar-refractivity contribution in [1.82, 2.24) is 4.57 Å². The van der Waals surface area contributed by atoms with Crippen LogP contribution < -0.4 is 28.5 Å². The van der Waals surface area contributed by atoms with Gasteiger partial charge in [0.15, 0.2) is 13.1 Å². The zero-order valence-electron chi connectivity index (χ0n) is 20.6. The normalized spacial score (nSPS) is 10.5. The van der Waals surface area contributed by atoms with E-state index >= 15 is 0 Å². The van der Waals surface area contributed by atoms with Crippen molar-refractivity contribution in [1.29, 1.82) is 0 Å². The van der Waals surface area contributed by atoms with Crippen molar-refractivity contribution in [3.63, 3.8) is 0 Å². The Balaban J connectivity index is 0.00000320. The molecule has 5 heteroatoms. The van der Waals surface area contributed by atoms with Gasteiger partial charge in [0, 0.05) is 18.1 Å². The average molecular weight is 598 g/mol. The molecule has 0 saturated carbocycles. The summed E-state index contributed by atoms with van der Waals surface area (Å²) < 4.78 is 3.78. The summed E-state index contributed by atoms with van der Waals surface area (Å²) in [7, 11) is 0. The highest BCUT2D eigenvalue weighted by Gasteiger charge is 2.19. The second-order valence-electron chi connectivity index (χ2n) is 8.83. The largest absolute Gasteiger partial charge is 1.00 e. The van der Waals surface area contributed by atoms with Crippen LogP contribution in [0, 0.1) is 6.92 Å². The molecule has 37 heavy (non-hydrogen) atoms. The lowest BCUT2D eigenvalue weighted by molar-refractivity contribution is -0.688. The summed E-state index contributed by atoms with van der Waals surface area (Å²) in [6, 6.07) is 35.6. The molecule has 1 heterocycles. The molecule has 0 atom stereocenters. The van der Waals surface area contributed by atoms with E-state index in [1.165, 1.54) is 0 Å². The third-order valence-electron chi connectivity index (χ3n) is 6.51. The molecular weight excluding hydrogens is 571 g/mol. The van der Waals surface area contributed by atoms with Crippen LogP contribution in [0.4, 0.5) is 0 Å². The maximum atomic E-state index is 12.9. The molecule has 5 aromatic rings. The molecule has 0 N–H and O–H groups in total. The molecular formula is C32H27IN2O2. The fourth-order valence-corrected chi connectivity index (χ4v) is 4.33. The highest BCUT2D eigenvalue weighted by molar-refractivity contribution is 5.96. The lowest BCUT2D eigenvalue weighted by Crippen LogP contribution is -3.00. The first-order valence-corrected chi connectivity index (χ1v) is 12.0. The van der Waals surface area contributed by atoms with Crippen molar-refractivity contribution < 1.29 is 38.1 Å². The van der Waals surface area contributed by atoms with Gasteiger partial charge in [-0.05, 0) is 22.3 Å². The Kier molecular flexibility index (Phi) is 8.46. The van der Waals surface area contributed by atoms with Gasteiger partial charge in [0.05, 0.1) is 0 Å². The van der Waals surface area contributed by atoms with Gasteiger partial charge < -0.3 is 24.0 Å². The van der Waals surface area contributed by atoms with Crippen LogP contribution in [0.5, 0.6) is 0 Å². The highest BCUT2D eigenvalue weighted by Crippen LogP contribution is 2.20. The molecule has 4 nitrogen and oxygen atoms in total. The van der Waals surface area contributed by atoms with Crippen molar-refractivity contribution in [2.75, 3.05) is 0 Å². The number of aromatic nitrogens is 2. The Labute approximate surface area is 234 Å². The van der Waals surface area contributed by atoms with E-state index in [0.717, 1.165) is 28.1 Å². The lowest BCUT2D eigenvalue weighted by Gasteiger charge is -2.05. The summed E-state index contributed by atoms with van der Waals surface area (Å²) in [5.41, 5.74) is 5.75. The summed E-state index contributed by atoms with van der Waals surface area (Å²) >= 11 is 0. The quantitative estimate of drug-likeness (QED) is 0.157. The van der Waals surface area contributed by atoms with Crippen LogP contribution in [-0.2, 0) is 13.1 Å². The van der Waals surface area contributed by atoms with E-state index in [4.69, 9.17) is 0 Å². The minimum Gasteiger partial charge on any atom is -1.00 e. The fraction of sp³-hybridized carbons (Fsp3) is 0.0938. The third-order valence-corrected chi connectivity index (χ3v) is 6.51. The first-order chi connectivity index (χ1) is 17.6. The summed E-state index contributed by atoms with van der Waals surface area (Å²) in [5.74, 6) is 0.921. The molecule has 0 amide bonds. The summed E-state index contributed by atoms with van der Waals surface area (Å²) in [6.07, 6.45) is 3.72. The van der Waals surface area contributed by atoms with Gasteiger partial charge in [-0.1, -0.05) is 109 Å². The molecule has 0 radical (unpaired) electrons. The lowest BCUT2D eigenvalue weighted by atomic mass is 10.0. The number of nitrogens with zero attached hydrogens (tertiary/aromatic N) is 2. The van der Waals surface area contributed by atoms with Gasteiger partial charge in [-0.15, -0.1) is 0 Å². The summed E-state index contributed by atoms with van der Waals surface area (Å²) in [5, 5.41) is 0. The van der Waals surface area contributed by atoms with Gasteiger partial charge in [0.1, 0.15) is 12.4 Å². The Morgan fingerprint density at radius 2 is 1.05 bits per heavy atom. The number of ketones is 2. The van der Waals surface area contributed by atoms with Gasteiger partial charge in [0.25, 0.3) is 5.82 Å². The molecule has 1 aromatic heterocycles. The number of imidazole rings is 1. The van der Waals surface area contributed by atoms with Gasteiger partial charge in [-0.25, -0.2) is 9.13 Å². The van der Waals surface area contributed by atoms with E-state index in [1.54, 1.807) is 0 Å². The van der Waals surface area contributed by atoms with Gasteiger partial charge in [-0.2, -0.15) is 0 Å². The first-order valence-electron chi connectivity index (χ1n) is 12.0. The zero-order chi connectivity index (χ0) is 24.9. The number of benzene rings is 4. The van der Waals surface area contributed by atoms with Crippen LogP contribution in [0.2, 0.25) is 0 Å². The maximum absolute atomic E-state index is 12.9. The number of hydrogen-bond acceptors (Lipinski definition) is 2. The van der Waals surface area contributed by atoms with Crippen LogP contribution in [0.25, 0.3) is 22.3 Å². The second-order valence-corrected chi connectivity index (χ2v) is 8.83. The number of carbonyl (C=O) groups is 2. The molecule has 0 saturated heterocycles. The molecule has 0 bridgehead atoms. The smallest absolute Gasteiger partial charge is 0.254 e. The summed E-state index contributed by atoms with van der Waals surface area (Å²) in [4.78, 5) is 25.8. The SMILES string of the molecule is Cc1n(CC(=O)c2ccc(-c3ccccc3)cc2)cc[n+]1CC(=O)c1ccc(-c2ccccc2)cc1.[I-]. The van der Waals surface area contributed by atoms with E-state index in [9.17, 15) is 9.59 Å². The standard InChI is InChI=1S/C32H27N2O2.HI/c1-24-33(22-31(35)29-16-12-27(13-17-29)25-8-4-2-5-9-25)20-21-34(24)23-32(36)30-18-14-28(15-19-30)26-10-6-3-7-11-26;/h2-21H,22-23H2,1H3;1H/q+1;/p-1. The summed E-state index contributed by atoms with van der Waals surface area (Å²) in [6.45, 7) is 2.38. The van der Waals surface area contributed by atoms with Crippen molar-refractivity contribution in [3.05, 3.63) is 139 Å². The molecule has 0 aliphatic carbocycles. The van der Waals surface area contributed by atoms with E-state index in [-0.39, 0.29) is 48.6 Å². The monoisotopic (exact) mass is 598 g/mol. The molecule has 184 valence electrons. The average Bonchev–Trinajstić information content (AvgIpc) is 3.28. The number of rotatable bonds is 8. The molecule has 4 aromatic carbocycles. The Morgan fingerprint density at radius 1 is 0.622 bits per heavy atom. The minimum absolute atomic E-state index is 0. The molecule has 0 aliphatic rings. The Bertz CT molecular complexity index is 1380. The minimum atomic E-state index is 0. The van der Waals surface area contributed by atoms with Gasteiger partial charge >= 0.3 is 0 Å². The highest BCUT2D eigenvalue weighted by atomic mass is 127. The van der Waals surface area contributed by atoms with Crippen molar-refractivity contribution in [2.45, 2.75) is 20.0 Å². The fourth-order valence-electron chi connectivity index (χ4n) is 4.33. The van der Waals surface area contributed by atoms with Crippen molar-refractivity contribution in [2.24, 2.45) is 0 Å². The van der Waals surface area contributed by atoms with Gasteiger partial charge in [0.2, 0.25) is 11.6 Å². The predicted octanol–water partition coefficient (Wildman–Crippen LogP) is 3.19. The maximum Gasteiger partial charge on any atom is 0.254 e. The topological polar surface area (TPSA) is 43.0 Å². The Hall–Kier alpha value is -3.84. The number of hydrogen-bond donors (Lipinski definition) is 0. The molecule has 0 aliphatic heterocycles. The van der Waals surface area contributed by atoms with E-state index in [2.05, 4.69) is 24.3 Å². The number of Topliss-reactive ketones (excluding diaryl/α,β-unsaturated/α-hetero) is 2. The Morgan fingerprint density at radius 3 is 1.54 bits per heavy atom. The predicted molar refractivity (Wildman–Crippen MR) is 142 cm³/mol. The van der Waals surface area contributed by atoms with Crippen LogP contribution >= 0.6 is 0 Å². The number of halogens is 1. The molecule has 0 unspecified atom stereocenters. The van der Waals surface area contributed by atoms with Crippen LogP contribution in [0.3, 0.4) is 0 Å². The van der Waals surface area contributed by atoms with Crippen molar-refractivity contribution in [3.8, 4) is 22.3 Å². The van der Waals surface area contributed by atoms with Crippen LogP contribution in [0.15, 0.2) is 122 Å². The van der Waals surface area contributed by atoms with Crippen molar-refractivity contribution >= 4 is 11.6 Å². The zero-order valence-corrected chi connectivity index (χ0v) is 22.7. The first kappa shape index (κ1) is 26.2. The number of carbonyl (C=O) groups excluding carboxylic acids is 2. The third kappa shape index (κ3) is 6.12. The van der Waals surface area contributed by atoms with Crippen LogP contribution in [0.1, 0.15) is 26.5 Å². The van der Waals surface area contributed by atoms with E-state index < -0.39 is 0 Å². The van der Waals surface area contributed by atoms with Gasteiger partial charge in [-0.3, -0.25) is 9.59 Å². The molecule has 5 rings (SSSR count). The van der Waals surface area contributed by atoms with Crippen LogP contribution in [-0.4, -0.2) is 16.1 Å². The van der Waals surface area contributed by atoms with E-state index in [0.29, 0.717) is 11.1 Å². The second kappa shape index (κ2) is 11.9. The van der Waals surface area contributed by atoms with E-state index in [1.807, 2.05) is 113 Å². The molecule has 0 spiro atoms.